The molecule has 2 aromatic carbocycles. The highest BCUT2D eigenvalue weighted by atomic mass is 16.2. The molecule has 2 aromatic heterocycles. The molecule has 0 unspecified atom stereocenters. The van der Waals surface area contributed by atoms with Gasteiger partial charge in [0.2, 0.25) is 0 Å². The van der Waals surface area contributed by atoms with Crippen LogP contribution in [-0.2, 0) is 13.0 Å². The fraction of sp³-hybridized carbons (Fsp3) is 0.308. The summed E-state index contributed by atoms with van der Waals surface area (Å²) in [6.45, 7) is 6.70. The average Bonchev–Trinajstić information content (AvgIpc) is 3.36. The normalized spacial score (nSPS) is 16.1. The summed E-state index contributed by atoms with van der Waals surface area (Å²) in [5.74, 6) is 1.66. The standard InChI is InChI=1S/C26H27N7O/c1-19-16-24(33-26(29-19)27-18-28-33)30-12-14-31(15-13-30)25(34)21-6-8-23(9-7-21)32-11-10-20-4-2-3-5-22(20)17-32/h2-9,16,18H,10-15,17H2,1H3. The van der Waals surface area contributed by atoms with Crippen LogP contribution >= 0.6 is 0 Å². The predicted molar refractivity (Wildman–Crippen MR) is 131 cm³/mol. The van der Waals surface area contributed by atoms with Crippen molar-refractivity contribution in [3.8, 4) is 0 Å². The first kappa shape index (κ1) is 20.7. The minimum Gasteiger partial charge on any atom is -0.367 e. The van der Waals surface area contributed by atoms with Gasteiger partial charge >= 0.3 is 0 Å². The van der Waals surface area contributed by atoms with Crippen LogP contribution in [0.4, 0.5) is 11.5 Å². The van der Waals surface area contributed by atoms with Crippen LogP contribution < -0.4 is 9.80 Å². The van der Waals surface area contributed by atoms with Crippen molar-refractivity contribution in [2.45, 2.75) is 19.9 Å². The van der Waals surface area contributed by atoms with Gasteiger partial charge < -0.3 is 14.7 Å². The van der Waals surface area contributed by atoms with Crippen LogP contribution in [0.3, 0.4) is 0 Å². The summed E-state index contributed by atoms with van der Waals surface area (Å²) in [4.78, 5) is 28.4. The monoisotopic (exact) mass is 453 g/mol. The first-order valence-electron chi connectivity index (χ1n) is 11.8. The summed E-state index contributed by atoms with van der Waals surface area (Å²) in [5.41, 5.74) is 5.65. The number of carbonyl (C=O) groups excluding carboxylic acids is 1. The van der Waals surface area contributed by atoms with Crippen molar-refractivity contribution in [2.75, 3.05) is 42.5 Å². The van der Waals surface area contributed by atoms with Crippen LogP contribution in [0.5, 0.6) is 0 Å². The van der Waals surface area contributed by atoms with Gasteiger partial charge in [0.1, 0.15) is 12.1 Å². The van der Waals surface area contributed by atoms with Crippen LogP contribution in [0.25, 0.3) is 5.78 Å². The zero-order valence-electron chi connectivity index (χ0n) is 19.3. The second kappa shape index (κ2) is 8.44. The van der Waals surface area contributed by atoms with Gasteiger partial charge in [-0.1, -0.05) is 24.3 Å². The molecule has 1 fully saturated rings. The van der Waals surface area contributed by atoms with E-state index in [2.05, 4.69) is 61.3 Å². The lowest BCUT2D eigenvalue weighted by Crippen LogP contribution is -2.49. The van der Waals surface area contributed by atoms with Crippen molar-refractivity contribution in [1.82, 2.24) is 24.5 Å². The van der Waals surface area contributed by atoms with Gasteiger partial charge in [0.15, 0.2) is 0 Å². The van der Waals surface area contributed by atoms with Crippen LogP contribution in [0, 0.1) is 6.92 Å². The second-order valence-electron chi connectivity index (χ2n) is 8.99. The quantitative estimate of drug-likeness (QED) is 0.475. The highest BCUT2D eigenvalue weighted by Crippen LogP contribution is 2.25. The fourth-order valence-corrected chi connectivity index (χ4v) is 4.99. The van der Waals surface area contributed by atoms with Crippen molar-refractivity contribution >= 4 is 23.2 Å². The molecule has 1 saturated heterocycles. The Morgan fingerprint density at radius 1 is 0.882 bits per heavy atom. The molecule has 0 aliphatic carbocycles. The molecule has 0 N–H and O–H groups in total. The molecule has 172 valence electrons. The van der Waals surface area contributed by atoms with Crippen LogP contribution in [-0.4, -0.2) is 63.1 Å². The number of carbonyl (C=O) groups is 1. The molecule has 6 rings (SSSR count). The SMILES string of the molecule is Cc1cc(N2CCN(C(=O)c3ccc(N4CCc5ccccc5C4)cc3)CC2)n2ncnc2n1. The Bertz CT molecular complexity index is 1340. The van der Waals surface area contributed by atoms with Gasteiger partial charge in [-0.15, -0.1) is 0 Å². The summed E-state index contributed by atoms with van der Waals surface area (Å²) >= 11 is 0. The second-order valence-corrected chi connectivity index (χ2v) is 8.99. The lowest BCUT2D eigenvalue weighted by atomic mass is 9.99. The highest BCUT2D eigenvalue weighted by molar-refractivity contribution is 5.94. The molecule has 0 bridgehead atoms. The number of rotatable bonds is 3. The minimum absolute atomic E-state index is 0.0898. The van der Waals surface area contributed by atoms with Gasteiger partial charge in [0.05, 0.1) is 0 Å². The smallest absolute Gasteiger partial charge is 0.254 e. The zero-order chi connectivity index (χ0) is 23.1. The maximum atomic E-state index is 13.2. The molecule has 8 heteroatoms. The molecule has 0 atom stereocenters. The molecule has 2 aliphatic rings. The van der Waals surface area contributed by atoms with Gasteiger partial charge in [-0.3, -0.25) is 4.79 Å². The third kappa shape index (κ3) is 3.75. The molecule has 4 aromatic rings. The number of aryl methyl sites for hydroxylation is 1. The molecule has 1 amide bonds. The molecule has 0 radical (unpaired) electrons. The van der Waals surface area contributed by atoms with E-state index in [1.807, 2.05) is 30.0 Å². The van der Waals surface area contributed by atoms with Crippen molar-refractivity contribution in [3.63, 3.8) is 0 Å². The van der Waals surface area contributed by atoms with Gasteiger partial charge in [-0.05, 0) is 48.7 Å². The van der Waals surface area contributed by atoms with E-state index in [1.54, 1.807) is 4.52 Å². The average molecular weight is 454 g/mol. The lowest BCUT2D eigenvalue weighted by molar-refractivity contribution is 0.0746. The molecular weight excluding hydrogens is 426 g/mol. The molecule has 0 saturated carbocycles. The summed E-state index contributed by atoms with van der Waals surface area (Å²) < 4.78 is 1.77. The highest BCUT2D eigenvalue weighted by Gasteiger charge is 2.24. The largest absolute Gasteiger partial charge is 0.367 e. The van der Waals surface area contributed by atoms with Crippen molar-refractivity contribution in [2.24, 2.45) is 0 Å². The molecular formula is C26H27N7O. The van der Waals surface area contributed by atoms with Crippen molar-refractivity contribution in [1.29, 1.82) is 0 Å². The third-order valence-electron chi connectivity index (χ3n) is 6.86. The van der Waals surface area contributed by atoms with E-state index in [0.29, 0.717) is 18.9 Å². The summed E-state index contributed by atoms with van der Waals surface area (Å²) in [7, 11) is 0. The zero-order valence-corrected chi connectivity index (χ0v) is 19.3. The third-order valence-corrected chi connectivity index (χ3v) is 6.86. The number of amides is 1. The van der Waals surface area contributed by atoms with E-state index in [-0.39, 0.29) is 5.91 Å². The van der Waals surface area contributed by atoms with E-state index >= 15 is 0 Å². The van der Waals surface area contributed by atoms with E-state index in [1.165, 1.54) is 23.1 Å². The Labute approximate surface area is 198 Å². The number of anilines is 2. The lowest BCUT2D eigenvalue weighted by Gasteiger charge is -2.36. The Kier molecular flexibility index (Phi) is 5.13. The number of hydrogen-bond donors (Lipinski definition) is 0. The number of piperazine rings is 1. The maximum absolute atomic E-state index is 13.2. The molecule has 34 heavy (non-hydrogen) atoms. The van der Waals surface area contributed by atoms with Gasteiger partial charge in [0.25, 0.3) is 11.7 Å². The Balaban J connectivity index is 1.11. The maximum Gasteiger partial charge on any atom is 0.254 e. The summed E-state index contributed by atoms with van der Waals surface area (Å²) in [6.07, 6.45) is 2.58. The van der Waals surface area contributed by atoms with Gasteiger partial charge in [-0.2, -0.15) is 14.6 Å². The first-order valence-corrected chi connectivity index (χ1v) is 11.8. The van der Waals surface area contributed by atoms with E-state index in [4.69, 9.17) is 0 Å². The molecule has 0 spiro atoms. The van der Waals surface area contributed by atoms with Gasteiger partial charge in [0, 0.05) is 62.3 Å². The van der Waals surface area contributed by atoms with Crippen molar-refractivity contribution < 1.29 is 4.79 Å². The van der Waals surface area contributed by atoms with Crippen LogP contribution in [0.2, 0.25) is 0 Å². The number of hydrogen-bond acceptors (Lipinski definition) is 6. The Morgan fingerprint density at radius 3 is 2.44 bits per heavy atom. The van der Waals surface area contributed by atoms with Crippen LogP contribution in [0.15, 0.2) is 60.9 Å². The van der Waals surface area contributed by atoms with E-state index in [9.17, 15) is 4.79 Å². The molecule has 4 heterocycles. The number of fused-ring (bicyclic) bond motifs is 2. The Hall–Kier alpha value is -3.94. The molecule has 8 nitrogen and oxygen atoms in total. The Morgan fingerprint density at radius 2 is 1.65 bits per heavy atom. The first-order chi connectivity index (χ1) is 16.7. The number of benzene rings is 2. The molecule has 2 aliphatic heterocycles. The minimum atomic E-state index is 0.0898. The van der Waals surface area contributed by atoms with Crippen LogP contribution in [0.1, 0.15) is 27.2 Å². The summed E-state index contributed by atoms with van der Waals surface area (Å²) in [6, 6.07) is 18.8. The van der Waals surface area contributed by atoms with E-state index in [0.717, 1.165) is 49.7 Å². The van der Waals surface area contributed by atoms with Gasteiger partial charge in [-0.25, -0.2) is 4.98 Å². The topological polar surface area (TPSA) is 69.9 Å². The summed E-state index contributed by atoms with van der Waals surface area (Å²) in [5, 5.41) is 4.31. The predicted octanol–water partition coefficient (Wildman–Crippen LogP) is 2.96. The van der Waals surface area contributed by atoms with E-state index < -0.39 is 0 Å². The number of nitrogens with zero attached hydrogens (tertiary/aromatic N) is 7. The number of aromatic nitrogens is 4. The fourth-order valence-electron chi connectivity index (χ4n) is 4.99. The van der Waals surface area contributed by atoms with Crippen molar-refractivity contribution in [3.05, 3.63) is 83.3 Å².